The highest BCUT2D eigenvalue weighted by atomic mass is 32.2. The van der Waals surface area contributed by atoms with Crippen molar-refractivity contribution in [3.05, 3.63) is 36.9 Å². The smallest absolute Gasteiger partial charge is 0.278 e. The molecule has 142 valence electrons. The van der Waals surface area contributed by atoms with Crippen LogP contribution in [-0.2, 0) is 23.5 Å². The predicted octanol–water partition coefficient (Wildman–Crippen LogP) is 0.903. The lowest BCUT2D eigenvalue weighted by Gasteiger charge is -2.30. The number of imidazole rings is 1. The van der Waals surface area contributed by atoms with Crippen LogP contribution in [-0.4, -0.2) is 55.5 Å². The van der Waals surface area contributed by atoms with E-state index >= 15 is 0 Å². The van der Waals surface area contributed by atoms with Gasteiger partial charge in [-0.05, 0) is 18.8 Å². The van der Waals surface area contributed by atoms with Crippen molar-refractivity contribution in [3.63, 3.8) is 0 Å². The first-order chi connectivity index (χ1) is 13.0. The zero-order valence-corrected chi connectivity index (χ0v) is 15.6. The van der Waals surface area contributed by atoms with Gasteiger partial charge in [0, 0.05) is 45.1 Å². The van der Waals surface area contributed by atoms with Gasteiger partial charge in [-0.15, -0.1) is 0 Å². The largest absolute Gasteiger partial charge is 0.339 e. The average molecular weight is 389 g/mol. The number of piperidine rings is 1. The minimum absolute atomic E-state index is 0.0788. The van der Waals surface area contributed by atoms with E-state index in [-0.39, 0.29) is 10.9 Å². The van der Waals surface area contributed by atoms with Gasteiger partial charge in [-0.1, -0.05) is 5.16 Å². The second-order valence-corrected chi connectivity index (χ2v) is 8.44. The Hall–Kier alpha value is -2.66. The molecule has 3 aromatic rings. The Bertz CT molecular complexity index is 1020. The molecule has 0 aromatic carbocycles. The number of rotatable bonds is 5. The molecule has 1 unspecified atom stereocenters. The summed E-state index contributed by atoms with van der Waals surface area (Å²) < 4.78 is 33.9. The Labute approximate surface area is 156 Å². The van der Waals surface area contributed by atoms with Crippen LogP contribution in [0, 0.1) is 5.92 Å². The number of sulfonamides is 1. The van der Waals surface area contributed by atoms with Gasteiger partial charge in [0.25, 0.3) is 15.9 Å². The van der Waals surface area contributed by atoms with Crippen LogP contribution in [0.4, 0.5) is 0 Å². The van der Waals surface area contributed by atoms with Gasteiger partial charge in [0.15, 0.2) is 10.9 Å². The lowest BCUT2D eigenvalue weighted by Crippen LogP contribution is -2.40. The van der Waals surface area contributed by atoms with Crippen LogP contribution in [0.2, 0.25) is 0 Å². The van der Waals surface area contributed by atoms with Crippen LogP contribution in [0.25, 0.3) is 11.6 Å². The summed E-state index contributed by atoms with van der Waals surface area (Å²) in [4.78, 5) is 16.5. The van der Waals surface area contributed by atoms with Crippen LogP contribution < -0.4 is 0 Å². The SMILES string of the molecule is Cn1cnc(S(=O)(=O)N2CCCC(Cc3noc(-c4cnccn4)n3)C2)c1. The molecule has 0 aliphatic carbocycles. The zero-order valence-electron chi connectivity index (χ0n) is 14.8. The van der Waals surface area contributed by atoms with Crippen molar-refractivity contribution in [2.75, 3.05) is 13.1 Å². The summed E-state index contributed by atoms with van der Waals surface area (Å²) in [5.41, 5.74) is 0.513. The highest BCUT2D eigenvalue weighted by Gasteiger charge is 2.32. The van der Waals surface area contributed by atoms with E-state index in [0.717, 1.165) is 12.8 Å². The van der Waals surface area contributed by atoms with Crippen molar-refractivity contribution >= 4 is 10.0 Å². The second kappa shape index (κ2) is 7.16. The molecule has 27 heavy (non-hydrogen) atoms. The molecule has 10 nitrogen and oxygen atoms in total. The summed E-state index contributed by atoms with van der Waals surface area (Å²) in [6.45, 7) is 0.903. The van der Waals surface area contributed by atoms with Crippen molar-refractivity contribution in [2.45, 2.75) is 24.3 Å². The van der Waals surface area contributed by atoms with Gasteiger partial charge < -0.3 is 9.09 Å². The van der Waals surface area contributed by atoms with Gasteiger partial charge in [-0.25, -0.2) is 18.4 Å². The van der Waals surface area contributed by atoms with Crippen molar-refractivity contribution in [2.24, 2.45) is 13.0 Å². The molecule has 1 aliphatic rings. The van der Waals surface area contributed by atoms with E-state index in [0.29, 0.717) is 36.9 Å². The zero-order chi connectivity index (χ0) is 18.9. The van der Waals surface area contributed by atoms with E-state index in [1.54, 1.807) is 30.2 Å². The molecule has 1 aliphatic heterocycles. The van der Waals surface area contributed by atoms with Crippen LogP contribution in [0.15, 0.2) is 40.7 Å². The number of hydrogen-bond acceptors (Lipinski definition) is 8. The second-order valence-electron chi connectivity index (χ2n) is 6.56. The summed E-state index contributed by atoms with van der Waals surface area (Å²) in [5.74, 6) is 0.967. The molecule has 11 heteroatoms. The maximum Gasteiger partial charge on any atom is 0.278 e. The van der Waals surface area contributed by atoms with Crippen molar-refractivity contribution in [3.8, 4) is 11.6 Å². The molecule has 0 amide bonds. The van der Waals surface area contributed by atoms with Gasteiger partial charge in [0.05, 0.1) is 12.5 Å². The number of hydrogen-bond donors (Lipinski definition) is 0. The molecule has 4 rings (SSSR count). The molecule has 0 N–H and O–H groups in total. The quantitative estimate of drug-likeness (QED) is 0.631. The maximum absolute atomic E-state index is 12.8. The predicted molar refractivity (Wildman–Crippen MR) is 93.7 cm³/mol. The molecule has 0 radical (unpaired) electrons. The molecule has 1 fully saturated rings. The highest BCUT2D eigenvalue weighted by molar-refractivity contribution is 7.89. The normalized spacial score (nSPS) is 18.6. The van der Waals surface area contributed by atoms with Crippen LogP contribution in [0.5, 0.6) is 0 Å². The number of aryl methyl sites for hydroxylation is 1. The molecule has 4 heterocycles. The third-order valence-corrected chi connectivity index (χ3v) is 6.24. The van der Waals surface area contributed by atoms with Crippen LogP contribution in [0.3, 0.4) is 0 Å². The molecule has 0 saturated carbocycles. The number of aromatic nitrogens is 6. The third kappa shape index (κ3) is 3.74. The van der Waals surface area contributed by atoms with E-state index < -0.39 is 10.0 Å². The van der Waals surface area contributed by atoms with E-state index in [2.05, 4.69) is 25.1 Å². The summed E-state index contributed by atoms with van der Waals surface area (Å²) in [5, 5.41) is 4.08. The number of nitrogens with zero attached hydrogens (tertiary/aromatic N) is 7. The summed E-state index contributed by atoms with van der Waals surface area (Å²) in [6.07, 6.45) is 9.92. The van der Waals surface area contributed by atoms with E-state index in [1.165, 1.54) is 16.8 Å². The van der Waals surface area contributed by atoms with E-state index in [1.807, 2.05) is 0 Å². The minimum atomic E-state index is -3.59. The summed E-state index contributed by atoms with van der Waals surface area (Å²) in [6, 6.07) is 0. The first kappa shape index (κ1) is 17.7. The van der Waals surface area contributed by atoms with Gasteiger partial charge in [-0.2, -0.15) is 9.29 Å². The van der Waals surface area contributed by atoms with Gasteiger partial charge in [0.2, 0.25) is 0 Å². The van der Waals surface area contributed by atoms with E-state index in [9.17, 15) is 8.42 Å². The van der Waals surface area contributed by atoms with Crippen LogP contribution >= 0.6 is 0 Å². The van der Waals surface area contributed by atoms with E-state index in [4.69, 9.17) is 4.52 Å². The lowest BCUT2D eigenvalue weighted by molar-refractivity contribution is 0.260. The molecule has 0 bridgehead atoms. The topological polar surface area (TPSA) is 120 Å². The van der Waals surface area contributed by atoms with Crippen LogP contribution in [0.1, 0.15) is 18.7 Å². The molecule has 1 saturated heterocycles. The average Bonchev–Trinajstić information content (AvgIpc) is 3.32. The summed E-state index contributed by atoms with van der Waals surface area (Å²) >= 11 is 0. The highest BCUT2D eigenvalue weighted by Crippen LogP contribution is 2.25. The van der Waals surface area contributed by atoms with Gasteiger partial charge in [0.1, 0.15) is 5.69 Å². The van der Waals surface area contributed by atoms with Crippen molar-refractivity contribution < 1.29 is 12.9 Å². The lowest BCUT2D eigenvalue weighted by atomic mass is 9.96. The van der Waals surface area contributed by atoms with Gasteiger partial charge >= 0.3 is 0 Å². The Morgan fingerprint density at radius 3 is 2.93 bits per heavy atom. The summed E-state index contributed by atoms with van der Waals surface area (Å²) in [7, 11) is -1.84. The molecule has 1 atom stereocenters. The fourth-order valence-electron chi connectivity index (χ4n) is 3.17. The first-order valence-electron chi connectivity index (χ1n) is 8.59. The Balaban J connectivity index is 1.46. The molecule has 3 aromatic heterocycles. The fourth-order valence-corrected chi connectivity index (χ4v) is 4.70. The molecular formula is C16H19N7O3S. The minimum Gasteiger partial charge on any atom is -0.339 e. The monoisotopic (exact) mass is 389 g/mol. The van der Waals surface area contributed by atoms with Gasteiger partial charge in [-0.3, -0.25) is 4.98 Å². The molecule has 0 spiro atoms. The first-order valence-corrected chi connectivity index (χ1v) is 10.0. The Kier molecular flexibility index (Phi) is 4.70. The Morgan fingerprint density at radius 2 is 2.19 bits per heavy atom. The Morgan fingerprint density at radius 1 is 1.30 bits per heavy atom. The van der Waals surface area contributed by atoms with Crippen molar-refractivity contribution in [1.29, 1.82) is 0 Å². The maximum atomic E-state index is 12.8. The fraction of sp³-hybridized carbons (Fsp3) is 0.438. The molecular weight excluding hydrogens is 370 g/mol. The standard InChI is InChI=1S/C16H19N7O3S/c1-22-10-15(19-11-22)27(24,25)23-6-2-3-12(9-23)7-14-20-16(26-21-14)13-8-17-4-5-18-13/h4-5,8,10-12H,2-3,6-7,9H2,1H3. The van der Waals surface area contributed by atoms with Crippen molar-refractivity contribution in [1.82, 2.24) is 34.0 Å². The third-order valence-electron chi connectivity index (χ3n) is 4.49.